The lowest BCUT2D eigenvalue weighted by Crippen LogP contribution is -2.38. The fourth-order valence-corrected chi connectivity index (χ4v) is 5.85. The van der Waals surface area contributed by atoms with Gasteiger partial charge in [-0.3, -0.25) is 14.2 Å². The normalized spacial score (nSPS) is 19.6. The van der Waals surface area contributed by atoms with Gasteiger partial charge in [0.2, 0.25) is 5.91 Å². The predicted octanol–water partition coefficient (Wildman–Crippen LogP) is 4.42. The van der Waals surface area contributed by atoms with Crippen molar-refractivity contribution < 1.29 is 9.53 Å². The molecule has 7 heteroatoms. The van der Waals surface area contributed by atoms with Gasteiger partial charge in [-0.05, 0) is 49.8 Å². The molecule has 1 aromatic heterocycles. The molecule has 2 atom stereocenters. The molecule has 6 nitrogen and oxygen atoms in total. The molecule has 0 radical (unpaired) electrons. The van der Waals surface area contributed by atoms with Gasteiger partial charge in [0, 0.05) is 19.7 Å². The Morgan fingerprint density at radius 3 is 2.55 bits per heavy atom. The van der Waals surface area contributed by atoms with E-state index in [1.807, 2.05) is 59.5 Å². The number of carbonyl (C=O) groups is 1. The largest absolute Gasteiger partial charge is 0.376 e. The average molecular weight is 464 g/mol. The van der Waals surface area contributed by atoms with Gasteiger partial charge in [-0.15, -0.1) is 0 Å². The first-order chi connectivity index (χ1) is 16.2. The molecule has 3 heterocycles. The molecule has 2 unspecified atom stereocenters. The van der Waals surface area contributed by atoms with Gasteiger partial charge in [-0.1, -0.05) is 54.2 Å². The topological polar surface area (TPSA) is 64.4 Å². The van der Waals surface area contributed by atoms with Crippen LogP contribution in [0.3, 0.4) is 0 Å². The minimum absolute atomic E-state index is 0.00187. The third kappa shape index (κ3) is 4.84. The van der Waals surface area contributed by atoms with E-state index in [1.54, 1.807) is 4.57 Å². The van der Waals surface area contributed by atoms with Crippen molar-refractivity contribution in [1.82, 2.24) is 14.5 Å². The van der Waals surface area contributed by atoms with E-state index in [4.69, 9.17) is 9.72 Å². The second kappa shape index (κ2) is 10.1. The fourth-order valence-electron chi connectivity index (χ4n) is 4.66. The molecule has 2 aliphatic rings. The van der Waals surface area contributed by atoms with Gasteiger partial charge in [0.05, 0.1) is 23.6 Å². The van der Waals surface area contributed by atoms with Crippen molar-refractivity contribution in [2.24, 2.45) is 0 Å². The van der Waals surface area contributed by atoms with Crippen LogP contribution >= 0.6 is 11.8 Å². The molecule has 2 saturated heterocycles. The number of hydrogen-bond acceptors (Lipinski definition) is 5. The first-order valence-electron chi connectivity index (χ1n) is 11.8. The Labute approximate surface area is 198 Å². The average Bonchev–Trinajstić information content (AvgIpc) is 3.39. The maximum atomic E-state index is 13.7. The van der Waals surface area contributed by atoms with Crippen LogP contribution in [0.4, 0.5) is 0 Å². The van der Waals surface area contributed by atoms with E-state index in [0.29, 0.717) is 22.6 Å². The molecule has 2 fully saturated rings. The zero-order valence-electron chi connectivity index (χ0n) is 18.7. The van der Waals surface area contributed by atoms with Crippen LogP contribution in [0, 0.1) is 0 Å². The van der Waals surface area contributed by atoms with Crippen molar-refractivity contribution in [2.75, 3.05) is 19.7 Å². The number of carbonyl (C=O) groups excluding carboxylic acids is 1. The number of benzene rings is 2. The number of aromatic nitrogens is 2. The quantitative estimate of drug-likeness (QED) is 0.400. The lowest BCUT2D eigenvalue weighted by atomic mass is 10.1. The maximum Gasteiger partial charge on any atom is 0.262 e. The summed E-state index contributed by atoms with van der Waals surface area (Å²) < 4.78 is 7.56. The molecule has 1 amide bonds. The molecule has 0 aliphatic carbocycles. The first kappa shape index (κ1) is 22.2. The fraction of sp³-hybridized carbons (Fsp3) is 0.423. The Morgan fingerprint density at radius 2 is 1.79 bits per heavy atom. The Kier molecular flexibility index (Phi) is 6.78. The molecule has 3 aromatic rings. The van der Waals surface area contributed by atoms with Gasteiger partial charge in [0.25, 0.3) is 5.56 Å². The van der Waals surface area contributed by atoms with Crippen molar-refractivity contribution >= 4 is 28.6 Å². The Bertz CT molecular complexity index is 1170. The van der Waals surface area contributed by atoms with Crippen LogP contribution in [0.2, 0.25) is 0 Å². The highest BCUT2D eigenvalue weighted by molar-refractivity contribution is 8.00. The van der Waals surface area contributed by atoms with E-state index in [2.05, 4.69) is 0 Å². The molecule has 2 aromatic carbocycles. The Hall–Kier alpha value is -2.64. The van der Waals surface area contributed by atoms with E-state index in [1.165, 1.54) is 18.2 Å². The van der Waals surface area contributed by atoms with E-state index < -0.39 is 5.25 Å². The van der Waals surface area contributed by atoms with Gasteiger partial charge in [0.15, 0.2) is 5.16 Å². The lowest BCUT2D eigenvalue weighted by Gasteiger charge is -2.30. The van der Waals surface area contributed by atoms with Crippen molar-refractivity contribution in [2.45, 2.75) is 55.2 Å². The highest BCUT2D eigenvalue weighted by atomic mass is 32.2. The molecule has 0 saturated carbocycles. The summed E-state index contributed by atoms with van der Waals surface area (Å²) in [6.07, 6.45) is 5.17. The smallest absolute Gasteiger partial charge is 0.262 e. The number of ether oxygens (including phenoxy) is 1. The second-order valence-corrected chi connectivity index (χ2v) is 9.83. The summed E-state index contributed by atoms with van der Waals surface area (Å²) >= 11 is 1.39. The van der Waals surface area contributed by atoms with Crippen LogP contribution in [0.15, 0.2) is 64.5 Å². The first-order valence-corrected chi connectivity index (χ1v) is 12.7. The monoisotopic (exact) mass is 463 g/mol. The summed E-state index contributed by atoms with van der Waals surface area (Å²) in [5, 5.41) is 0.722. The van der Waals surface area contributed by atoms with Crippen molar-refractivity contribution in [3.63, 3.8) is 0 Å². The lowest BCUT2D eigenvalue weighted by molar-refractivity contribution is -0.131. The van der Waals surface area contributed by atoms with E-state index in [0.717, 1.165) is 50.9 Å². The molecular formula is C26H29N3O3S. The molecular weight excluding hydrogens is 434 g/mol. The molecule has 5 rings (SSSR count). The number of amides is 1. The standard InChI is InChI=1S/C26H29N3O3S/c30-24-21-13-5-6-14-22(21)27-26(29(24)18-20-12-9-17-32-20)33-23(19-10-3-1-4-11-19)25(31)28-15-7-2-8-16-28/h1,3-6,10-11,13-14,20,23H,2,7-9,12,15-18H2. The van der Waals surface area contributed by atoms with Crippen molar-refractivity contribution in [3.05, 3.63) is 70.5 Å². The van der Waals surface area contributed by atoms with Gasteiger partial charge >= 0.3 is 0 Å². The number of likely N-dealkylation sites (tertiary alicyclic amines) is 1. The summed E-state index contributed by atoms with van der Waals surface area (Å²) in [6, 6.07) is 17.3. The van der Waals surface area contributed by atoms with E-state index >= 15 is 0 Å². The Morgan fingerprint density at radius 1 is 1.03 bits per heavy atom. The molecule has 2 aliphatic heterocycles. The molecule has 172 valence electrons. The number of fused-ring (bicyclic) bond motifs is 1. The zero-order chi connectivity index (χ0) is 22.6. The highest BCUT2D eigenvalue weighted by Crippen LogP contribution is 2.37. The second-order valence-electron chi connectivity index (χ2n) is 8.76. The summed E-state index contributed by atoms with van der Waals surface area (Å²) in [5.41, 5.74) is 1.52. The predicted molar refractivity (Wildman–Crippen MR) is 130 cm³/mol. The van der Waals surface area contributed by atoms with Crippen LogP contribution in [-0.4, -0.2) is 46.2 Å². The highest BCUT2D eigenvalue weighted by Gasteiger charge is 2.30. The number of para-hydroxylation sites is 1. The summed E-state index contributed by atoms with van der Waals surface area (Å²) in [4.78, 5) is 34.0. The van der Waals surface area contributed by atoms with Gasteiger partial charge in [-0.2, -0.15) is 0 Å². The SMILES string of the molecule is O=C(C(Sc1nc2ccccc2c(=O)n1CC1CCCO1)c1ccccc1)N1CCCCC1. The van der Waals surface area contributed by atoms with Crippen LogP contribution in [0.1, 0.15) is 42.9 Å². The van der Waals surface area contributed by atoms with Crippen LogP contribution in [0.25, 0.3) is 10.9 Å². The van der Waals surface area contributed by atoms with Crippen molar-refractivity contribution in [3.8, 4) is 0 Å². The minimum atomic E-state index is -0.451. The molecule has 0 spiro atoms. The number of rotatable bonds is 6. The van der Waals surface area contributed by atoms with Crippen molar-refractivity contribution in [1.29, 1.82) is 0 Å². The summed E-state index contributed by atoms with van der Waals surface area (Å²) in [7, 11) is 0. The molecule has 0 N–H and O–H groups in total. The number of piperidine rings is 1. The molecule has 33 heavy (non-hydrogen) atoms. The summed E-state index contributed by atoms with van der Waals surface area (Å²) in [6.45, 7) is 2.76. The van der Waals surface area contributed by atoms with Crippen LogP contribution in [0.5, 0.6) is 0 Å². The third-order valence-corrected chi connectivity index (χ3v) is 7.69. The van der Waals surface area contributed by atoms with Gasteiger partial charge < -0.3 is 9.64 Å². The third-order valence-electron chi connectivity index (χ3n) is 6.45. The van der Waals surface area contributed by atoms with Gasteiger partial charge in [-0.25, -0.2) is 4.98 Å². The van der Waals surface area contributed by atoms with E-state index in [9.17, 15) is 9.59 Å². The maximum absolute atomic E-state index is 13.7. The summed E-state index contributed by atoms with van der Waals surface area (Å²) in [5.74, 6) is 0.0944. The number of thioether (sulfide) groups is 1. The Balaban J connectivity index is 1.56. The van der Waals surface area contributed by atoms with Gasteiger partial charge in [0.1, 0.15) is 5.25 Å². The molecule has 0 bridgehead atoms. The minimum Gasteiger partial charge on any atom is -0.376 e. The number of nitrogens with zero attached hydrogens (tertiary/aromatic N) is 3. The van der Waals surface area contributed by atoms with E-state index in [-0.39, 0.29) is 17.6 Å². The zero-order valence-corrected chi connectivity index (χ0v) is 19.5. The van der Waals surface area contributed by atoms with Crippen LogP contribution in [-0.2, 0) is 16.1 Å². The van der Waals surface area contributed by atoms with Crippen LogP contribution < -0.4 is 5.56 Å². The number of hydrogen-bond donors (Lipinski definition) is 0.